The number of rotatable bonds is 5. The minimum Gasteiger partial charge on any atom is -0.360 e. The molecule has 4 rings (SSSR count). The average molecular weight is 467 g/mol. The molecule has 0 radical (unpaired) electrons. The van der Waals surface area contributed by atoms with Crippen LogP contribution in [0.1, 0.15) is 33.6 Å². The van der Waals surface area contributed by atoms with Gasteiger partial charge in [-0.15, -0.1) is 11.3 Å². The highest BCUT2D eigenvalue weighted by Crippen LogP contribution is 2.33. The lowest BCUT2D eigenvalue weighted by Crippen LogP contribution is -2.36. The quantitative estimate of drug-likeness (QED) is 0.614. The number of halogens is 1. The van der Waals surface area contributed by atoms with Gasteiger partial charge in [-0.1, -0.05) is 35.0 Å². The van der Waals surface area contributed by atoms with Crippen LogP contribution < -0.4 is 5.32 Å². The van der Waals surface area contributed by atoms with Gasteiger partial charge in [-0.2, -0.15) is 4.31 Å². The summed E-state index contributed by atoms with van der Waals surface area (Å²) in [6.45, 7) is 3.95. The first-order chi connectivity index (χ1) is 14.3. The maximum atomic E-state index is 13.0. The summed E-state index contributed by atoms with van der Waals surface area (Å²) >= 11 is 7.53. The van der Waals surface area contributed by atoms with E-state index in [0.29, 0.717) is 40.1 Å². The molecule has 8 nitrogen and oxygen atoms in total. The molecule has 1 aromatic carbocycles. The normalized spacial score (nSPS) is 14.5. The lowest BCUT2D eigenvalue weighted by atomic mass is 10.1. The molecule has 158 valence electrons. The van der Waals surface area contributed by atoms with E-state index in [2.05, 4.69) is 15.5 Å². The summed E-state index contributed by atoms with van der Waals surface area (Å²) < 4.78 is 31.0. The second-order valence-electron chi connectivity index (χ2n) is 6.77. The summed E-state index contributed by atoms with van der Waals surface area (Å²) in [5.41, 5.74) is 2.05. The van der Waals surface area contributed by atoms with E-state index in [1.54, 1.807) is 38.1 Å². The number of nitrogens with one attached hydrogen (secondary N) is 1. The molecule has 3 aromatic rings. The van der Waals surface area contributed by atoms with Crippen molar-refractivity contribution in [1.29, 1.82) is 0 Å². The number of aryl methyl sites for hydroxylation is 1. The lowest BCUT2D eigenvalue weighted by Gasteiger charge is -2.24. The Labute approximate surface area is 182 Å². The first kappa shape index (κ1) is 21.0. The number of hydrogen-bond acceptors (Lipinski definition) is 7. The number of anilines is 1. The van der Waals surface area contributed by atoms with E-state index >= 15 is 0 Å². The van der Waals surface area contributed by atoms with Crippen molar-refractivity contribution in [2.75, 3.05) is 17.6 Å². The molecule has 30 heavy (non-hydrogen) atoms. The van der Waals surface area contributed by atoms with Gasteiger partial charge in [-0.3, -0.25) is 10.1 Å². The molecule has 3 heterocycles. The molecule has 0 unspecified atom stereocenters. The summed E-state index contributed by atoms with van der Waals surface area (Å²) in [7, 11) is -3.27. The zero-order chi connectivity index (χ0) is 21.5. The SMILES string of the molecule is CCS(=O)(=O)N1CCc2nc(NC(=O)c3c(-c4ccccc4Cl)noc3C)sc2C1. The number of benzene rings is 1. The average Bonchev–Trinajstić information content (AvgIpc) is 3.30. The smallest absolute Gasteiger partial charge is 0.263 e. The maximum Gasteiger partial charge on any atom is 0.263 e. The molecule has 0 aliphatic carbocycles. The molecule has 0 bridgehead atoms. The minimum absolute atomic E-state index is 0.0579. The molecule has 1 aliphatic rings. The highest BCUT2D eigenvalue weighted by molar-refractivity contribution is 7.89. The van der Waals surface area contributed by atoms with Crippen LogP contribution in [0.5, 0.6) is 0 Å². The van der Waals surface area contributed by atoms with E-state index in [1.165, 1.54) is 15.6 Å². The molecule has 1 amide bonds. The second kappa shape index (κ2) is 8.10. The Balaban J connectivity index is 1.59. The van der Waals surface area contributed by atoms with Gasteiger partial charge >= 0.3 is 0 Å². The molecule has 0 saturated carbocycles. The number of carbonyl (C=O) groups excluding carboxylic acids is 1. The first-order valence-corrected chi connectivity index (χ1v) is 12.1. The molecule has 0 saturated heterocycles. The number of hydrogen-bond donors (Lipinski definition) is 1. The second-order valence-corrected chi connectivity index (χ2v) is 10.5. The molecule has 1 aliphatic heterocycles. The highest BCUT2D eigenvalue weighted by Gasteiger charge is 2.29. The third-order valence-corrected chi connectivity index (χ3v) is 8.05. The number of thiazole rings is 1. The van der Waals surface area contributed by atoms with Gasteiger partial charge in [0, 0.05) is 30.0 Å². The van der Waals surface area contributed by atoms with Crippen LogP contribution in [-0.2, 0) is 23.0 Å². The molecule has 0 atom stereocenters. The molecule has 11 heteroatoms. The molecule has 0 fully saturated rings. The van der Waals surface area contributed by atoms with Gasteiger partial charge in [0.05, 0.1) is 16.5 Å². The van der Waals surface area contributed by atoms with E-state index in [-0.39, 0.29) is 17.9 Å². The van der Waals surface area contributed by atoms with Gasteiger partial charge in [0.15, 0.2) is 5.13 Å². The Morgan fingerprint density at radius 1 is 1.37 bits per heavy atom. The number of fused-ring (bicyclic) bond motifs is 1. The van der Waals surface area contributed by atoms with Gasteiger partial charge in [0.1, 0.15) is 17.0 Å². The molecule has 2 aromatic heterocycles. The first-order valence-electron chi connectivity index (χ1n) is 9.29. The van der Waals surface area contributed by atoms with E-state index in [4.69, 9.17) is 16.1 Å². The van der Waals surface area contributed by atoms with Crippen LogP contribution in [0.4, 0.5) is 5.13 Å². The monoisotopic (exact) mass is 466 g/mol. The van der Waals surface area contributed by atoms with Crippen molar-refractivity contribution in [3.05, 3.63) is 51.2 Å². The van der Waals surface area contributed by atoms with Crippen LogP contribution in [0.2, 0.25) is 5.02 Å². The van der Waals surface area contributed by atoms with Crippen molar-refractivity contribution in [3.8, 4) is 11.3 Å². The molecular weight excluding hydrogens is 448 g/mol. The fourth-order valence-corrected chi connectivity index (χ4v) is 5.67. The number of carbonyl (C=O) groups is 1. The van der Waals surface area contributed by atoms with Crippen LogP contribution in [0, 0.1) is 6.92 Å². The van der Waals surface area contributed by atoms with Crippen LogP contribution in [0.15, 0.2) is 28.8 Å². The largest absolute Gasteiger partial charge is 0.360 e. The Morgan fingerprint density at radius 3 is 2.87 bits per heavy atom. The van der Waals surface area contributed by atoms with E-state index < -0.39 is 15.9 Å². The zero-order valence-corrected chi connectivity index (χ0v) is 18.7. The van der Waals surface area contributed by atoms with Gasteiger partial charge in [0.2, 0.25) is 10.0 Å². The summed E-state index contributed by atoms with van der Waals surface area (Å²) in [6.07, 6.45) is 0.512. The Morgan fingerprint density at radius 2 is 2.13 bits per heavy atom. The van der Waals surface area contributed by atoms with Crippen molar-refractivity contribution in [1.82, 2.24) is 14.4 Å². The highest BCUT2D eigenvalue weighted by atomic mass is 35.5. The van der Waals surface area contributed by atoms with Crippen LogP contribution in [0.25, 0.3) is 11.3 Å². The van der Waals surface area contributed by atoms with Gasteiger partial charge in [-0.05, 0) is 19.9 Å². The minimum atomic E-state index is -3.27. The Bertz CT molecular complexity index is 1220. The van der Waals surface area contributed by atoms with Gasteiger partial charge in [-0.25, -0.2) is 13.4 Å². The van der Waals surface area contributed by atoms with Crippen molar-refractivity contribution < 1.29 is 17.7 Å². The van der Waals surface area contributed by atoms with Crippen LogP contribution in [-0.4, -0.2) is 41.1 Å². The van der Waals surface area contributed by atoms with Gasteiger partial charge in [0.25, 0.3) is 5.91 Å². The van der Waals surface area contributed by atoms with Crippen molar-refractivity contribution in [2.24, 2.45) is 0 Å². The van der Waals surface area contributed by atoms with Crippen molar-refractivity contribution in [2.45, 2.75) is 26.8 Å². The summed E-state index contributed by atoms with van der Waals surface area (Å²) in [4.78, 5) is 18.3. The summed E-state index contributed by atoms with van der Waals surface area (Å²) in [5.74, 6) is 0.0132. The number of sulfonamides is 1. The van der Waals surface area contributed by atoms with Crippen LogP contribution >= 0.6 is 22.9 Å². The van der Waals surface area contributed by atoms with Gasteiger partial charge < -0.3 is 4.52 Å². The summed E-state index contributed by atoms with van der Waals surface area (Å²) in [5, 5.41) is 7.68. The molecule has 0 spiro atoms. The standard InChI is InChI=1S/C19H19ClN4O4S2/c1-3-30(26,27)24-9-8-14-15(10-24)29-19(21-14)22-18(25)16-11(2)28-23-17(16)12-6-4-5-7-13(12)20/h4-7H,3,8-10H2,1-2H3,(H,21,22,25). The van der Waals surface area contributed by atoms with Crippen molar-refractivity contribution >= 4 is 44.0 Å². The zero-order valence-electron chi connectivity index (χ0n) is 16.3. The lowest BCUT2D eigenvalue weighted by molar-refractivity contribution is 0.102. The maximum absolute atomic E-state index is 13.0. The Hall–Kier alpha value is -2.27. The van der Waals surface area contributed by atoms with Crippen molar-refractivity contribution in [3.63, 3.8) is 0 Å². The summed E-state index contributed by atoms with van der Waals surface area (Å²) in [6, 6.07) is 7.08. The van der Waals surface area contributed by atoms with E-state index in [0.717, 1.165) is 10.6 Å². The molecular formula is C19H19ClN4O4S2. The third kappa shape index (κ3) is 3.87. The van der Waals surface area contributed by atoms with Crippen LogP contribution in [0.3, 0.4) is 0 Å². The van der Waals surface area contributed by atoms with E-state index in [9.17, 15) is 13.2 Å². The fraction of sp³-hybridized carbons (Fsp3) is 0.316. The predicted molar refractivity (Wildman–Crippen MR) is 115 cm³/mol. The molecule has 1 N–H and O–H groups in total. The fourth-order valence-electron chi connectivity index (χ4n) is 3.28. The third-order valence-electron chi connectivity index (χ3n) is 4.89. The van der Waals surface area contributed by atoms with E-state index in [1.807, 2.05) is 0 Å². The number of aromatic nitrogens is 2. The topological polar surface area (TPSA) is 105 Å². The number of amides is 1. The predicted octanol–water partition coefficient (Wildman–Crippen LogP) is 3.72. The number of nitrogens with zero attached hydrogens (tertiary/aromatic N) is 3. The Kier molecular flexibility index (Phi) is 5.67.